The van der Waals surface area contributed by atoms with Gasteiger partial charge in [0.05, 0.1) is 17.9 Å². The molecule has 1 aromatic carbocycles. The third-order valence-electron chi connectivity index (χ3n) is 2.56. The van der Waals surface area contributed by atoms with Crippen molar-refractivity contribution in [2.24, 2.45) is 0 Å². The van der Waals surface area contributed by atoms with Crippen LogP contribution in [0.1, 0.15) is 24.2 Å². The lowest BCUT2D eigenvalue weighted by Gasteiger charge is -2.19. The first kappa shape index (κ1) is 13.6. The molecule has 0 spiro atoms. The number of nitrogens with zero attached hydrogens (tertiary/aromatic N) is 2. The van der Waals surface area contributed by atoms with Crippen LogP contribution in [0.2, 0.25) is 0 Å². The van der Waals surface area contributed by atoms with Gasteiger partial charge in [-0.15, -0.1) is 0 Å². The molecule has 94 valence electrons. The van der Waals surface area contributed by atoms with Crippen molar-refractivity contribution in [2.45, 2.75) is 13.0 Å². The van der Waals surface area contributed by atoms with E-state index in [4.69, 9.17) is 0 Å². The largest absolute Gasteiger partial charge is 0.305 e. The zero-order valence-corrected chi connectivity index (χ0v) is 13.1. The van der Waals surface area contributed by atoms with E-state index < -0.39 is 0 Å². The van der Waals surface area contributed by atoms with Crippen LogP contribution in [-0.4, -0.2) is 16.5 Å². The molecule has 5 heteroatoms. The number of hydrogen-bond acceptors (Lipinski definition) is 3. The summed E-state index contributed by atoms with van der Waals surface area (Å²) in [6.07, 6.45) is 5.19. The number of benzene rings is 1. The van der Waals surface area contributed by atoms with E-state index in [1.165, 1.54) is 0 Å². The minimum atomic E-state index is 0.0376. The maximum absolute atomic E-state index is 4.38. The van der Waals surface area contributed by atoms with Crippen molar-refractivity contribution in [3.05, 3.63) is 57.0 Å². The molecule has 0 bridgehead atoms. The summed E-state index contributed by atoms with van der Waals surface area (Å²) in [6, 6.07) is 6.16. The molecular weight excluding hydrogens is 358 g/mol. The van der Waals surface area contributed by atoms with Gasteiger partial charge in [0.1, 0.15) is 0 Å². The maximum Gasteiger partial charge on any atom is 0.0801 e. The standard InChI is InChI=1S/C13H13Br2N3/c1-2-17-13(12-8-16-5-6-18-12)10-7-9(14)3-4-11(10)15/h3-8,13,17H,2H2,1H3. The third kappa shape index (κ3) is 3.16. The molecule has 0 fully saturated rings. The molecule has 0 aliphatic rings. The highest BCUT2D eigenvalue weighted by molar-refractivity contribution is 9.11. The van der Waals surface area contributed by atoms with Gasteiger partial charge in [0.15, 0.2) is 0 Å². The molecule has 0 aliphatic carbocycles. The predicted molar refractivity (Wildman–Crippen MR) is 79.4 cm³/mol. The van der Waals surface area contributed by atoms with Crippen LogP contribution in [0.15, 0.2) is 45.7 Å². The molecule has 0 radical (unpaired) electrons. The molecule has 18 heavy (non-hydrogen) atoms. The number of halogens is 2. The smallest absolute Gasteiger partial charge is 0.0801 e. The molecule has 0 aliphatic heterocycles. The van der Waals surface area contributed by atoms with Crippen LogP contribution in [0.3, 0.4) is 0 Å². The van der Waals surface area contributed by atoms with Gasteiger partial charge in [-0.25, -0.2) is 0 Å². The van der Waals surface area contributed by atoms with Gasteiger partial charge in [-0.05, 0) is 30.3 Å². The van der Waals surface area contributed by atoms with Gasteiger partial charge in [0, 0.05) is 21.3 Å². The Morgan fingerprint density at radius 1 is 1.28 bits per heavy atom. The van der Waals surface area contributed by atoms with E-state index >= 15 is 0 Å². The Balaban J connectivity index is 2.44. The highest BCUT2D eigenvalue weighted by Gasteiger charge is 2.17. The predicted octanol–water partition coefficient (Wildman–Crippen LogP) is 3.70. The molecule has 1 N–H and O–H groups in total. The summed E-state index contributed by atoms with van der Waals surface area (Å²) in [5, 5.41) is 3.43. The summed E-state index contributed by atoms with van der Waals surface area (Å²) in [6.45, 7) is 2.94. The van der Waals surface area contributed by atoms with Crippen LogP contribution in [-0.2, 0) is 0 Å². The lowest BCUT2D eigenvalue weighted by Crippen LogP contribution is -2.23. The van der Waals surface area contributed by atoms with E-state index in [0.717, 1.165) is 26.7 Å². The van der Waals surface area contributed by atoms with Crippen molar-refractivity contribution in [3.8, 4) is 0 Å². The Bertz CT molecular complexity index is 517. The van der Waals surface area contributed by atoms with E-state index in [-0.39, 0.29) is 6.04 Å². The van der Waals surface area contributed by atoms with Gasteiger partial charge in [0.2, 0.25) is 0 Å². The number of nitrogens with one attached hydrogen (secondary N) is 1. The van der Waals surface area contributed by atoms with E-state index in [1.807, 2.05) is 12.1 Å². The Morgan fingerprint density at radius 2 is 2.11 bits per heavy atom. The fourth-order valence-electron chi connectivity index (χ4n) is 1.77. The summed E-state index contributed by atoms with van der Waals surface area (Å²) in [4.78, 5) is 8.52. The Morgan fingerprint density at radius 3 is 2.78 bits per heavy atom. The van der Waals surface area contributed by atoms with E-state index in [1.54, 1.807) is 18.6 Å². The van der Waals surface area contributed by atoms with Crippen LogP contribution < -0.4 is 5.32 Å². The van der Waals surface area contributed by atoms with Gasteiger partial charge < -0.3 is 5.32 Å². The van der Waals surface area contributed by atoms with Crippen LogP contribution >= 0.6 is 31.9 Å². The van der Waals surface area contributed by atoms with E-state index in [0.29, 0.717) is 0 Å². The average Bonchev–Trinajstić information content (AvgIpc) is 2.40. The van der Waals surface area contributed by atoms with Crippen molar-refractivity contribution in [1.82, 2.24) is 15.3 Å². The molecule has 0 saturated carbocycles. The second-order valence-electron chi connectivity index (χ2n) is 3.79. The number of hydrogen-bond donors (Lipinski definition) is 1. The lowest BCUT2D eigenvalue weighted by atomic mass is 10.0. The molecule has 1 unspecified atom stereocenters. The monoisotopic (exact) mass is 369 g/mol. The minimum absolute atomic E-state index is 0.0376. The molecule has 1 atom stereocenters. The quantitative estimate of drug-likeness (QED) is 0.891. The van der Waals surface area contributed by atoms with Crippen molar-refractivity contribution < 1.29 is 0 Å². The second-order valence-corrected chi connectivity index (χ2v) is 5.56. The Hall–Kier alpha value is -0.780. The highest BCUT2D eigenvalue weighted by atomic mass is 79.9. The van der Waals surface area contributed by atoms with Crippen molar-refractivity contribution in [2.75, 3.05) is 6.54 Å². The van der Waals surface area contributed by atoms with E-state index in [2.05, 4.69) is 60.1 Å². The second kappa shape index (κ2) is 6.41. The van der Waals surface area contributed by atoms with Gasteiger partial charge >= 0.3 is 0 Å². The van der Waals surface area contributed by atoms with Gasteiger partial charge in [-0.3, -0.25) is 9.97 Å². The first-order valence-corrected chi connectivity index (χ1v) is 7.25. The Kier molecular flexibility index (Phi) is 4.86. The summed E-state index contributed by atoms with van der Waals surface area (Å²) in [5.74, 6) is 0. The normalized spacial score (nSPS) is 12.4. The summed E-state index contributed by atoms with van der Waals surface area (Å²) in [7, 11) is 0. The first-order chi connectivity index (χ1) is 8.72. The van der Waals surface area contributed by atoms with Crippen LogP contribution in [0.5, 0.6) is 0 Å². The molecular formula is C13H13Br2N3. The fraction of sp³-hybridized carbons (Fsp3) is 0.231. The molecule has 1 aromatic heterocycles. The first-order valence-electron chi connectivity index (χ1n) is 5.66. The van der Waals surface area contributed by atoms with Crippen LogP contribution in [0, 0.1) is 0 Å². The zero-order chi connectivity index (χ0) is 13.0. The van der Waals surface area contributed by atoms with Crippen LogP contribution in [0.25, 0.3) is 0 Å². The highest BCUT2D eigenvalue weighted by Crippen LogP contribution is 2.29. The topological polar surface area (TPSA) is 37.8 Å². The maximum atomic E-state index is 4.38. The zero-order valence-electron chi connectivity index (χ0n) is 9.90. The van der Waals surface area contributed by atoms with Crippen molar-refractivity contribution in [3.63, 3.8) is 0 Å². The van der Waals surface area contributed by atoms with Gasteiger partial charge in [0.25, 0.3) is 0 Å². The SMILES string of the molecule is CCNC(c1cnccn1)c1cc(Br)ccc1Br. The number of rotatable bonds is 4. The molecule has 2 rings (SSSR count). The minimum Gasteiger partial charge on any atom is -0.305 e. The Labute approximate surface area is 123 Å². The molecule has 1 heterocycles. The molecule has 0 amide bonds. The number of aromatic nitrogens is 2. The van der Waals surface area contributed by atoms with Crippen molar-refractivity contribution in [1.29, 1.82) is 0 Å². The third-order valence-corrected chi connectivity index (χ3v) is 3.77. The fourth-order valence-corrected chi connectivity index (χ4v) is 2.63. The molecule has 3 nitrogen and oxygen atoms in total. The van der Waals surface area contributed by atoms with E-state index in [9.17, 15) is 0 Å². The molecule has 2 aromatic rings. The van der Waals surface area contributed by atoms with Crippen LogP contribution in [0.4, 0.5) is 0 Å². The van der Waals surface area contributed by atoms with Crippen molar-refractivity contribution >= 4 is 31.9 Å². The van der Waals surface area contributed by atoms with Gasteiger partial charge in [-0.1, -0.05) is 38.8 Å². The summed E-state index contributed by atoms with van der Waals surface area (Å²) in [5.41, 5.74) is 2.06. The van der Waals surface area contributed by atoms with Gasteiger partial charge in [-0.2, -0.15) is 0 Å². The lowest BCUT2D eigenvalue weighted by molar-refractivity contribution is 0.610. The average molecular weight is 371 g/mol. The summed E-state index contributed by atoms with van der Waals surface area (Å²) >= 11 is 7.09. The molecule has 0 saturated heterocycles. The summed E-state index contributed by atoms with van der Waals surface area (Å²) < 4.78 is 2.11.